The van der Waals surface area contributed by atoms with Crippen molar-refractivity contribution < 1.29 is 15.3 Å². The van der Waals surface area contributed by atoms with Crippen molar-refractivity contribution in [1.29, 1.82) is 0 Å². The fraction of sp³-hybridized carbons (Fsp3) is 0.750. The van der Waals surface area contributed by atoms with Crippen LogP contribution in [0.5, 0.6) is 0 Å². The lowest BCUT2D eigenvalue weighted by atomic mass is 10.4. The monoisotopic (exact) mass is 173 g/mol. The molecule has 0 unspecified atom stereocenters. The third kappa shape index (κ3) is 6.13. The molecule has 0 amide bonds. The molecule has 4 heteroatoms. The van der Waals surface area contributed by atoms with Gasteiger partial charge in [-0.15, -0.1) is 0 Å². The second kappa shape index (κ2) is 8.50. The van der Waals surface area contributed by atoms with Crippen molar-refractivity contribution in [2.24, 2.45) is 0 Å². The Labute approximate surface area is 72.4 Å². The Bertz CT molecular complexity index is 144. The zero-order valence-electron chi connectivity index (χ0n) is 7.03. The van der Waals surface area contributed by atoms with Gasteiger partial charge in [-0.1, -0.05) is 11.8 Å². The molecule has 0 spiro atoms. The first-order valence-electron chi connectivity index (χ1n) is 3.85. The van der Waals surface area contributed by atoms with E-state index < -0.39 is 0 Å². The lowest BCUT2D eigenvalue weighted by molar-refractivity contribution is 0.174. The molecule has 4 nitrogen and oxygen atoms in total. The predicted molar refractivity (Wildman–Crippen MR) is 45.5 cm³/mol. The largest absolute Gasteiger partial charge is 0.395 e. The van der Waals surface area contributed by atoms with Gasteiger partial charge in [-0.2, -0.15) is 0 Å². The van der Waals surface area contributed by atoms with E-state index in [-0.39, 0.29) is 19.8 Å². The van der Waals surface area contributed by atoms with E-state index >= 15 is 0 Å². The van der Waals surface area contributed by atoms with Gasteiger partial charge in [0, 0.05) is 13.1 Å². The minimum Gasteiger partial charge on any atom is -0.395 e. The van der Waals surface area contributed by atoms with Gasteiger partial charge in [0.05, 0.1) is 19.8 Å². The maximum absolute atomic E-state index is 8.60. The van der Waals surface area contributed by atoms with Crippen LogP contribution in [0.25, 0.3) is 0 Å². The Morgan fingerprint density at radius 2 is 1.50 bits per heavy atom. The lowest BCUT2D eigenvalue weighted by Gasteiger charge is -2.16. The molecule has 12 heavy (non-hydrogen) atoms. The average Bonchev–Trinajstić information content (AvgIpc) is 2.06. The summed E-state index contributed by atoms with van der Waals surface area (Å²) in [6, 6.07) is 0. The van der Waals surface area contributed by atoms with Crippen molar-refractivity contribution in [3.05, 3.63) is 0 Å². The summed E-state index contributed by atoms with van der Waals surface area (Å²) in [6.45, 7) is 1.44. The molecule has 0 aromatic rings. The molecule has 0 saturated carbocycles. The number of aliphatic hydroxyl groups excluding tert-OH is 3. The Kier molecular flexibility index (Phi) is 8.07. The van der Waals surface area contributed by atoms with Gasteiger partial charge in [0.25, 0.3) is 0 Å². The van der Waals surface area contributed by atoms with E-state index in [1.165, 1.54) is 0 Å². The molecule has 0 radical (unpaired) electrons. The van der Waals surface area contributed by atoms with Gasteiger partial charge in [-0.3, -0.25) is 4.90 Å². The number of hydrogen-bond acceptors (Lipinski definition) is 4. The van der Waals surface area contributed by atoms with Crippen LogP contribution in [0.15, 0.2) is 0 Å². The van der Waals surface area contributed by atoms with Crippen molar-refractivity contribution in [2.45, 2.75) is 0 Å². The van der Waals surface area contributed by atoms with E-state index in [0.29, 0.717) is 19.6 Å². The minimum absolute atomic E-state index is 0.0564. The molecule has 0 heterocycles. The topological polar surface area (TPSA) is 63.9 Å². The molecular formula is C8H15NO3. The highest BCUT2D eigenvalue weighted by Crippen LogP contribution is 1.84. The van der Waals surface area contributed by atoms with Gasteiger partial charge >= 0.3 is 0 Å². The van der Waals surface area contributed by atoms with Crippen LogP contribution in [-0.4, -0.2) is 59.7 Å². The molecule has 0 aliphatic rings. The minimum atomic E-state index is -0.147. The normalized spacial score (nSPS) is 9.67. The first kappa shape index (κ1) is 11.4. The van der Waals surface area contributed by atoms with Crippen LogP contribution >= 0.6 is 0 Å². The van der Waals surface area contributed by atoms with E-state index in [1.807, 2.05) is 4.90 Å². The summed E-state index contributed by atoms with van der Waals surface area (Å²) in [7, 11) is 0. The van der Waals surface area contributed by atoms with Crippen LogP contribution in [-0.2, 0) is 0 Å². The first-order chi connectivity index (χ1) is 5.85. The van der Waals surface area contributed by atoms with E-state index in [4.69, 9.17) is 15.3 Å². The highest BCUT2D eigenvalue weighted by Gasteiger charge is 1.99. The molecular weight excluding hydrogens is 158 g/mol. The Hall–Kier alpha value is -0.600. The third-order valence-corrected chi connectivity index (χ3v) is 1.34. The van der Waals surface area contributed by atoms with Crippen LogP contribution in [0.4, 0.5) is 0 Å². The summed E-state index contributed by atoms with van der Waals surface area (Å²) in [4.78, 5) is 1.81. The van der Waals surface area contributed by atoms with Gasteiger partial charge in [0.1, 0.15) is 6.61 Å². The molecule has 0 aliphatic carbocycles. The quantitative estimate of drug-likeness (QED) is 0.432. The summed E-state index contributed by atoms with van der Waals surface area (Å²) in [5, 5.41) is 25.5. The Morgan fingerprint density at radius 3 is 1.92 bits per heavy atom. The summed E-state index contributed by atoms with van der Waals surface area (Å²) >= 11 is 0. The fourth-order valence-corrected chi connectivity index (χ4v) is 0.776. The molecule has 0 fully saturated rings. The Balaban J connectivity index is 3.61. The summed E-state index contributed by atoms with van der Waals surface area (Å²) in [6.07, 6.45) is 0. The van der Waals surface area contributed by atoms with Gasteiger partial charge in [0.2, 0.25) is 0 Å². The molecule has 0 saturated heterocycles. The fourth-order valence-electron chi connectivity index (χ4n) is 0.776. The zero-order chi connectivity index (χ0) is 9.23. The van der Waals surface area contributed by atoms with Crippen LogP contribution < -0.4 is 0 Å². The zero-order valence-corrected chi connectivity index (χ0v) is 7.03. The molecule has 3 N–H and O–H groups in total. The van der Waals surface area contributed by atoms with E-state index in [0.717, 1.165) is 0 Å². The highest BCUT2D eigenvalue weighted by atomic mass is 16.3. The molecule has 70 valence electrons. The van der Waals surface area contributed by atoms with Crippen molar-refractivity contribution in [3.8, 4) is 11.8 Å². The predicted octanol–water partition coefficient (Wildman–Crippen LogP) is -1.73. The second-order valence-corrected chi connectivity index (χ2v) is 2.24. The van der Waals surface area contributed by atoms with Crippen LogP contribution in [0.3, 0.4) is 0 Å². The number of hydrogen-bond donors (Lipinski definition) is 3. The molecule has 0 aliphatic heterocycles. The average molecular weight is 173 g/mol. The SMILES string of the molecule is OCC#CCN(CCO)CCO. The van der Waals surface area contributed by atoms with E-state index in [2.05, 4.69) is 11.8 Å². The summed E-state index contributed by atoms with van der Waals surface area (Å²) in [5.41, 5.74) is 0. The Morgan fingerprint density at radius 1 is 0.917 bits per heavy atom. The molecule has 0 bridgehead atoms. The third-order valence-electron chi connectivity index (χ3n) is 1.34. The van der Waals surface area contributed by atoms with Crippen LogP contribution in [0, 0.1) is 11.8 Å². The smallest absolute Gasteiger partial charge is 0.104 e. The van der Waals surface area contributed by atoms with Crippen molar-refractivity contribution in [2.75, 3.05) is 39.5 Å². The van der Waals surface area contributed by atoms with Crippen molar-refractivity contribution >= 4 is 0 Å². The lowest BCUT2D eigenvalue weighted by Crippen LogP contribution is -2.30. The van der Waals surface area contributed by atoms with Crippen LogP contribution in [0.2, 0.25) is 0 Å². The molecule has 0 aromatic heterocycles. The van der Waals surface area contributed by atoms with E-state index in [9.17, 15) is 0 Å². The van der Waals surface area contributed by atoms with Crippen LogP contribution in [0.1, 0.15) is 0 Å². The first-order valence-corrected chi connectivity index (χ1v) is 3.85. The van der Waals surface area contributed by atoms with Gasteiger partial charge in [0.15, 0.2) is 0 Å². The van der Waals surface area contributed by atoms with Gasteiger partial charge < -0.3 is 15.3 Å². The van der Waals surface area contributed by atoms with Crippen molar-refractivity contribution in [3.63, 3.8) is 0 Å². The number of aliphatic hydroxyl groups is 3. The van der Waals surface area contributed by atoms with Crippen molar-refractivity contribution in [1.82, 2.24) is 4.90 Å². The molecule has 0 atom stereocenters. The summed E-state index contributed by atoms with van der Waals surface area (Å²) < 4.78 is 0. The molecule has 0 aromatic carbocycles. The maximum atomic E-state index is 8.60. The van der Waals surface area contributed by atoms with Gasteiger partial charge in [-0.05, 0) is 0 Å². The standard InChI is InChI=1S/C8H15NO3/c10-6-2-1-3-9(4-7-11)5-8-12/h10-12H,3-8H2. The second-order valence-electron chi connectivity index (χ2n) is 2.24. The summed E-state index contributed by atoms with van der Waals surface area (Å²) in [5.74, 6) is 5.20. The number of nitrogens with zero attached hydrogens (tertiary/aromatic N) is 1. The van der Waals surface area contributed by atoms with E-state index in [1.54, 1.807) is 0 Å². The molecule has 0 rings (SSSR count). The highest BCUT2D eigenvalue weighted by molar-refractivity contribution is 5.00. The number of rotatable bonds is 5. The van der Waals surface area contributed by atoms with Gasteiger partial charge in [-0.25, -0.2) is 0 Å². The maximum Gasteiger partial charge on any atom is 0.104 e.